The van der Waals surface area contributed by atoms with Crippen LogP contribution in [0.1, 0.15) is 25.0 Å². The van der Waals surface area contributed by atoms with E-state index in [0.29, 0.717) is 23.3 Å². The Balaban J connectivity index is 1.49. The lowest BCUT2D eigenvalue weighted by atomic mass is 9.66. The van der Waals surface area contributed by atoms with E-state index in [9.17, 15) is 14.4 Å². The lowest BCUT2D eigenvalue weighted by Crippen LogP contribution is -2.75. The number of nitrogens with zero attached hydrogens (tertiary/aromatic N) is 3. The highest BCUT2D eigenvalue weighted by molar-refractivity contribution is 6.20. The summed E-state index contributed by atoms with van der Waals surface area (Å²) in [6.07, 6.45) is 2.31. The zero-order chi connectivity index (χ0) is 25.2. The summed E-state index contributed by atoms with van der Waals surface area (Å²) >= 11 is 0. The van der Waals surface area contributed by atoms with E-state index in [1.807, 2.05) is 19.1 Å². The highest BCUT2D eigenvalue weighted by atomic mass is 19.1. The molecule has 1 aromatic carbocycles. The molecule has 2 aromatic heterocycles. The van der Waals surface area contributed by atoms with E-state index in [4.69, 9.17) is 9.26 Å². The van der Waals surface area contributed by atoms with Crippen molar-refractivity contribution in [3.63, 3.8) is 0 Å². The molecule has 3 N–H and O–H groups in total. The van der Waals surface area contributed by atoms with Crippen molar-refractivity contribution >= 4 is 40.3 Å². The summed E-state index contributed by atoms with van der Waals surface area (Å²) < 4.78 is 27.4. The largest absolute Gasteiger partial charge is 0.372 e. The first-order valence-electron chi connectivity index (χ1n) is 11.6. The minimum Gasteiger partial charge on any atom is -0.372 e. The van der Waals surface area contributed by atoms with Crippen LogP contribution in [-0.4, -0.2) is 52.8 Å². The highest BCUT2D eigenvalue weighted by Gasteiger charge is 2.63. The third kappa shape index (κ3) is 3.17. The lowest BCUT2D eigenvalue weighted by Gasteiger charge is -2.55. The van der Waals surface area contributed by atoms with Gasteiger partial charge in [-0.05, 0) is 43.2 Å². The molecule has 36 heavy (non-hydrogen) atoms. The second kappa shape index (κ2) is 7.98. The topological polar surface area (TPSA) is 139 Å². The number of carbonyl (C=O) groups is 3. The maximum atomic E-state index is 16.1. The van der Waals surface area contributed by atoms with Gasteiger partial charge >= 0.3 is 6.03 Å². The number of fused-ring (bicyclic) bond motifs is 5. The van der Waals surface area contributed by atoms with Crippen LogP contribution in [0.5, 0.6) is 0 Å². The number of benzene rings is 1. The van der Waals surface area contributed by atoms with Gasteiger partial charge < -0.3 is 19.5 Å². The van der Waals surface area contributed by atoms with Gasteiger partial charge in [-0.2, -0.15) is 0 Å². The van der Waals surface area contributed by atoms with Crippen molar-refractivity contribution in [3.05, 3.63) is 47.5 Å². The van der Waals surface area contributed by atoms with Gasteiger partial charge in [0.15, 0.2) is 17.1 Å². The van der Waals surface area contributed by atoms with E-state index < -0.39 is 41.2 Å². The van der Waals surface area contributed by atoms with Gasteiger partial charge in [0.2, 0.25) is 17.4 Å². The Hall–Kier alpha value is -4.06. The predicted octanol–water partition coefficient (Wildman–Crippen LogP) is 1.86. The maximum Gasteiger partial charge on any atom is 0.328 e. The molecule has 0 unspecified atom stereocenters. The Morgan fingerprint density at radius 1 is 1.19 bits per heavy atom. The highest BCUT2D eigenvalue weighted by Crippen LogP contribution is 2.49. The maximum absolute atomic E-state index is 16.1. The molecule has 4 amide bonds. The van der Waals surface area contributed by atoms with E-state index in [1.165, 1.54) is 0 Å². The number of morpholine rings is 1. The summed E-state index contributed by atoms with van der Waals surface area (Å²) in [5.41, 5.74) is -0.0950. The summed E-state index contributed by atoms with van der Waals surface area (Å²) in [5.74, 6) is -1.76. The quantitative estimate of drug-likeness (QED) is 0.466. The monoisotopic (exact) mass is 494 g/mol. The normalized spacial score (nSPS) is 24.8. The van der Waals surface area contributed by atoms with E-state index in [-0.39, 0.29) is 30.3 Å². The van der Waals surface area contributed by atoms with Crippen molar-refractivity contribution in [3.8, 4) is 0 Å². The van der Waals surface area contributed by atoms with Gasteiger partial charge in [-0.15, -0.1) is 0 Å². The number of imide groups is 2. The molecule has 2 fully saturated rings. The molecule has 0 aliphatic carbocycles. The van der Waals surface area contributed by atoms with E-state index in [0.717, 1.165) is 5.56 Å². The van der Waals surface area contributed by atoms with Crippen LogP contribution in [0.3, 0.4) is 0 Å². The van der Waals surface area contributed by atoms with Gasteiger partial charge in [0, 0.05) is 31.9 Å². The Kier molecular flexibility index (Phi) is 4.97. The fourth-order valence-corrected chi connectivity index (χ4v) is 5.76. The number of nitrogens with one attached hydrogen (secondary N) is 3. The molecule has 5 heterocycles. The second-order valence-electron chi connectivity index (χ2n) is 9.45. The summed E-state index contributed by atoms with van der Waals surface area (Å²) in [5, 5.41) is 12.0. The number of barbiturate groups is 1. The van der Waals surface area contributed by atoms with Crippen LogP contribution in [0.15, 0.2) is 35.1 Å². The molecular formula is C24H23FN6O5. The fraction of sp³-hybridized carbons (Fsp3) is 0.375. The molecule has 0 bridgehead atoms. The van der Waals surface area contributed by atoms with Crippen molar-refractivity contribution < 1.29 is 28.0 Å². The molecular weight excluding hydrogens is 471 g/mol. The standard InChI is InChI=1S/C24H23FN6O5/c1-11-10-31-17-14(8-24(19(31)12(2)35-11)21(32)28-23(34)29-22(24)33)7-15-18(16(17)25)36-30-20(15)27-9-13-3-5-26-6-4-13/h3-7,11-12,19H,8-10H2,1-2H3,(H,27,30)(H2,28,29,32,33,34)/t11-,12+,19-/m1/s1. The predicted molar refractivity (Wildman–Crippen MR) is 124 cm³/mol. The third-order valence-electron chi connectivity index (χ3n) is 7.17. The minimum absolute atomic E-state index is 0.0276. The minimum atomic E-state index is -1.69. The van der Waals surface area contributed by atoms with Gasteiger partial charge in [0.1, 0.15) is 0 Å². The average molecular weight is 494 g/mol. The van der Waals surface area contributed by atoms with Crippen LogP contribution < -0.4 is 20.9 Å². The van der Waals surface area contributed by atoms with Gasteiger partial charge in [-0.1, -0.05) is 5.16 Å². The zero-order valence-electron chi connectivity index (χ0n) is 19.5. The molecule has 0 radical (unpaired) electrons. The molecule has 3 atom stereocenters. The third-order valence-corrected chi connectivity index (χ3v) is 7.17. The molecule has 186 valence electrons. The van der Waals surface area contributed by atoms with Gasteiger partial charge in [0.25, 0.3) is 0 Å². The van der Waals surface area contributed by atoms with E-state index in [2.05, 4.69) is 26.1 Å². The van der Waals surface area contributed by atoms with Crippen LogP contribution >= 0.6 is 0 Å². The lowest BCUT2D eigenvalue weighted by molar-refractivity contribution is -0.153. The summed E-state index contributed by atoms with van der Waals surface area (Å²) in [7, 11) is 0. The molecule has 3 aromatic rings. The SMILES string of the molecule is C[C@@H]1CN2c3c(cc4c(NCc5ccncc5)noc4c3F)CC3(C(=O)NC(=O)NC3=O)[C@H]2[C@H](C)O1. The number of aromatic nitrogens is 2. The first kappa shape index (κ1) is 22.4. The van der Waals surface area contributed by atoms with Crippen LogP contribution in [0, 0.1) is 11.2 Å². The van der Waals surface area contributed by atoms with Gasteiger partial charge in [0.05, 0.1) is 29.3 Å². The van der Waals surface area contributed by atoms with Gasteiger partial charge in [-0.3, -0.25) is 25.2 Å². The number of hydrogen-bond donors (Lipinski definition) is 3. The van der Waals surface area contributed by atoms with Crippen LogP contribution in [0.2, 0.25) is 0 Å². The van der Waals surface area contributed by atoms with Crippen LogP contribution in [-0.2, 0) is 27.3 Å². The van der Waals surface area contributed by atoms with E-state index in [1.54, 1.807) is 30.3 Å². The van der Waals surface area contributed by atoms with Crippen molar-refractivity contribution in [1.82, 2.24) is 20.8 Å². The van der Waals surface area contributed by atoms with Crippen molar-refractivity contribution in [2.75, 3.05) is 16.8 Å². The molecule has 2 saturated heterocycles. The van der Waals surface area contributed by atoms with Crippen LogP contribution in [0.4, 0.5) is 20.7 Å². The second-order valence-corrected chi connectivity index (χ2v) is 9.45. The number of hydrogen-bond acceptors (Lipinski definition) is 9. The first-order chi connectivity index (χ1) is 17.3. The average Bonchev–Trinajstić information content (AvgIpc) is 3.24. The summed E-state index contributed by atoms with van der Waals surface area (Å²) in [4.78, 5) is 44.2. The van der Waals surface area contributed by atoms with Crippen LogP contribution in [0.25, 0.3) is 11.0 Å². The summed E-state index contributed by atoms with van der Waals surface area (Å²) in [6.45, 7) is 4.22. The number of urea groups is 1. The first-order valence-corrected chi connectivity index (χ1v) is 11.6. The number of halogens is 1. The number of amides is 4. The summed E-state index contributed by atoms with van der Waals surface area (Å²) in [6, 6.07) is 3.65. The Morgan fingerprint density at radius 2 is 1.92 bits per heavy atom. The zero-order valence-corrected chi connectivity index (χ0v) is 19.5. The molecule has 11 nitrogen and oxygen atoms in total. The smallest absolute Gasteiger partial charge is 0.328 e. The number of pyridine rings is 1. The molecule has 1 spiro atoms. The Labute approximate surface area is 204 Å². The molecule has 6 rings (SSSR count). The number of anilines is 2. The molecule has 0 saturated carbocycles. The van der Waals surface area contributed by atoms with Gasteiger partial charge in [-0.25, -0.2) is 9.18 Å². The van der Waals surface area contributed by atoms with Crippen molar-refractivity contribution in [2.45, 2.75) is 45.1 Å². The Bertz CT molecular complexity index is 1390. The number of rotatable bonds is 3. The molecule has 3 aliphatic heterocycles. The fourth-order valence-electron chi connectivity index (χ4n) is 5.76. The Morgan fingerprint density at radius 3 is 2.64 bits per heavy atom. The molecule has 3 aliphatic rings. The molecule has 12 heteroatoms. The van der Waals surface area contributed by atoms with E-state index >= 15 is 4.39 Å². The van der Waals surface area contributed by atoms with Crippen molar-refractivity contribution in [1.29, 1.82) is 0 Å². The number of ether oxygens (including phenoxy) is 1. The van der Waals surface area contributed by atoms with Crippen molar-refractivity contribution in [2.24, 2.45) is 5.41 Å². The number of carbonyl (C=O) groups excluding carboxylic acids is 3.